The molecule has 140 valence electrons. The van der Waals surface area contributed by atoms with Gasteiger partial charge in [-0.2, -0.15) is 0 Å². The minimum Gasteiger partial charge on any atom is -0.505 e. The number of benzene rings is 2. The summed E-state index contributed by atoms with van der Waals surface area (Å²) >= 11 is 0. The molecule has 28 heavy (non-hydrogen) atoms. The van der Waals surface area contributed by atoms with Gasteiger partial charge in [0.25, 0.3) is 0 Å². The van der Waals surface area contributed by atoms with Gasteiger partial charge < -0.3 is 10.4 Å². The summed E-state index contributed by atoms with van der Waals surface area (Å²) in [6.45, 7) is 6.30. The van der Waals surface area contributed by atoms with Gasteiger partial charge in [-0.05, 0) is 49.6 Å². The summed E-state index contributed by atoms with van der Waals surface area (Å²) in [5, 5.41) is 15.6. The smallest absolute Gasteiger partial charge is 0.147 e. The van der Waals surface area contributed by atoms with Crippen molar-refractivity contribution in [2.45, 2.75) is 26.8 Å². The number of nitrogens with zero attached hydrogens (tertiary/aromatic N) is 2. The molecule has 0 fully saturated rings. The second-order valence-corrected chi connectivity index (χ2v) is 7.22. The van der Waals surface area contributed by atoms with E-state index in [9.17, 15) is 5.11 Å². The second-order valence-electron chi connectivity index (χ2n) is 7.22. The first-order valence-electron chi connectivity index (χ1n) is 9.35. The van der Waals surface area contributed by atoms with Crippen LogP contribution in [0.15, 0.2) is 67.1 Å². The third-order valence-electron chi connectivity index (χ3n) is 5.07. The maximum absolute atomic E-state index is 11.0. The molecule has 2 heterocycles. The van der Waals surface area contributed by atoms with Crippen LogP contribution in [0.3, 0.4) is 0 Å². The van der Waals surface area contributed by atoms with Gasteiger partial charge in [-0.1, -0.05) is 42.0 Å². The van der Waals surface area contributed by atoms with E-state index in [4.69, 9.17) is 0 Å². The van der Waals surface area contributed by atoms with Crippen LogP contribution in [0, 0.1) is 20.8 Å². The van der Waals surface area contributed by atoms with Crippen LogP contribution in [0.5, 0.6) is 5.75 Å². The minimum atomic E-state index is -0.250. The Balaban J connectivity index is 1.88. The van der Waals surface area contributed by atoms with Gasteiger partial charge in [-0.15, -0.1) is 0 Å². The van der Waals surface area contributed by atoms with E-state index in [0.29, 0.717) is 5.52 Å². The van der Waals surface area contributed by atoms with Crippen molar-refractivity contribution in [1.29, 1.82) is 0 Å². The lowest BCUT2D eigenvalue weighted by Crippen LogP contribution is -2.15. The Morgan fingerprint density at radius 3 is 2.39 bits per heavy atom. The van der Waals surface area contributed by atoms with Gasteiger partial charge in [0.1, 0.15) is 11.3 Å². The highest BCUT2D eigenvalue weighted by atomic mass is 16.3. The molecule has 2 aromatic heterocycles. The largest absolute Gasteiger partial charge is 0.505 e. The van der Waals surface area contributed by atoms with E-state index in [2.05, 4.69) is 48.2 Å². The average Bonchev–Trinajstić information content (AvgIpc) is 2.69. The number of aromatic hydroxyl groups is 1. The molecule has 0 bridgehead atoms. The molecule has 0 amide bonds. The lowest BCUT2D eigenvalue weighted by atomic mass is 9.95. The average molecular weight is 369 g/mol. The van der Waals surface area contributed by atoms with Crippen molar-refractivity contribution in [1.82, 2.24) is 9.97 Å². The first kappa shape index (κ1) is 18.0. The first-order chi connectivity index (χ1) is 13.5. The number of phenolic OH excluding ortho intramolecular Hbond substituents is 1. The van der Waals surface area contributed by atoms with Crippen LogP contribution in [0.2, 0.25) is 0 Å². The maximum Gasteiger partial charge on any atom is 0.147 e. The fourth-order valence-electron chi connectivity index (χ4n) is 3.82. The second kappa shape index (κ2) is 7.31. The molecule has 1 unspecified atom stereocenters. The first-order valence-corrected chi connectivity index (χ1v) is 9.35. The van der Waals surface area contributed by atoms with Crippen molar-refractivity contribution in [2.75, 3.05) is 5.32 Å². The molecule has 4 rings (SSSR count). The van der Waals surface area contributed by atoms with Gasteiger partial charge in [0.2, 0.25) is 0 Å². The lowest BCUT2D eigenvalue weighted by molar-refractivity contribution is 0.471. The Labute approximate surface area is 164 Å². The number of pyridine rings is 2. The summed E-state index contributed by atoms with van der Waals surface area (Å²) < 4.78 is 0. The summed E-state index contributed by atoms with van der Waals surface area (Å²) in [6, 6.07) is 15.8. The van der Waals surface area contributed by atoms with Crippen LogP contribution in [-0.4, -0.2) is 15.1 Å². The van der Waals surface area contributed by atoms with Crippen molar-refractivity contribution < 1.29 is 5.11 Å². The van der Waals surface area contributed by atoms with Gasteiger partial charge in [-0.3, -0.25) is 9.97 Å². The predicted molar refractivity (Wildman–Crippen MR) is 114 cm³/mol. The van der Waals surface area contributed by atoms with Gasteiger partial charge in [0.05, 0.1) is 6.04 Å². The van der Waals surface area contributed by atoms with E-state index in [1.165, 1.54) is 16.7 Å². The molecule has 0 saturated carbocycles. The molecule has 0 spiro atoms. The van der Waals surface area contributed by atoms with Crippen LogP contribution >= 0.6 is 0 Å². The third kappa shape index (κ3) is 3.29. The number of nitrogens with one attached hydrogen (secondary N) is 1. The molecule has 0 aliphatic heterocycles. The third-order valence-corrected chi connectivity index (χ3v) is 5.07. The predicted octanol–water partition coefficient (Wildman–Crippen LogP) is 5.46. The Hall–Kier alpha value is -3.40. The van der Waals surface area contributed by atoms with Gasteiger partial charge in [0.15, 0.2) is 0 Å². The van der Waals surface area contributed by atoms with Crippen LogP contribution in [0.25, 0.3) is 10.9 Å². The molecule has 0 saturated heterocycles. The van der Waals surface area contributed by atoms with Gasteiger partial charge >= 0.3 is 0 Å². The van der Waals surface area contributed by atoms with Crippen molar-refractivity contribution in [2.24, 2.45) is 0 Å². The zero-order valence-corrected chi connectivity index (χ0v) is 16.3. The molecule has 2 N–H and O–H groups in total. The lowest BCUT2D eigenvalue weighted by Gasteiger charge is -2.24. The molecule has 0 radical (unpaired) electrons. The van der Waals surface area contributed by atoms with Crippen LogP contribution in [0.1, 0.15) is 33.9 Å². The fourth-order valence-corrected chi connectivity index (χ4v) is 3.82. The normalized spacial score (nSPS) is 12.1. The number of aromatic nitrogens is 2. The molecule has 0 aliphatic carbocycles. The quantitative estimate of drug-likeness (QED) is 0.501. The molecule has 4 aromatic rings. The zero-order valence-electron chi connectivity index (χ0n) is 16.3. The van der Waals surface area contributed by atoms with Crippen molar-refractivity contribution in [3.8, 4) is 5.75 Å². The summed E-state index contributed by atoms with van der Waals surface area (Å²) in [5.74, 6) is 0.196. The highest BCUT2D eigenvalue weighted by molar-refractivity contribution is 5.86. The Morgan fingerprint density at radius 2 is 1.68 bits per heavy atom. The van der Waals surface area contributed by atoms with E-state index < -0.39 is 0 Å². The number of hydrogen-bond donors (Lipinski definition) is 2. The Kier molecular flexibility index (Phi) is 4.70. The molecule has 0 aliphatic rings. The summed E-state index contributed by atoms with van der Waals surface area (Å²) in [4.78, 5) is 8.66. The SMILES string of the molecule is Cc1cc(C)c(NC(c2cccnc2)c2ccc3cccnc3c2O)c(C)c1. The Bertz CT molecular complexity index is 1120. The standard InChI is InChI=1S/C24H23N3O/c1-15-12-16(2)21(17(3)13-15)27-22(19-7-4-10-25-14-19)20-9-8-18-6-5-11-26-23(18)24(20)28/h4-14,22,27-28H,1-3H3. The zero-order chi connectivity index (χ0) is 19.7. The molecule has 2 aromatic carbocycles. The van der Waals surface area contributed by atoms with E-state index in [1.54, 1.807) is 12.4 Å². The van der Waals surface area contributed by atoms with Crippen LogP contribution in [-0.2, 0) is 0 Å². The highest BCUT2D eigenvalue weighted by Gasteiger charge is 2.21. The van der Waals surface area contributed by atoms with Crippen LogP contribution in [0.4, 0.5) is 5.69 Å². The van der Waals surface area contributed by atoms with Gasteiger partial charge in [0, 0.05) is 35.2 Å². The van der Waals surface area contributed by atoms with Crippen molar-refractivity contribution in [3.05, 3.63) is 94.9 Å². The molecule has 4 nitrogen and oxygen atoms in total. The number of rotatable bonds is 4. The molecule has 4 heteroatoms. The number of anilines is 1. The van der Waals surface area contributed by atoms with E-state index in [1.807, 2.05) is 42.6 Å². The van der Waals surface area contributed by atoms with E-state index in [-0.39, 0.29) is 11.8 Å². The summed E-state index contributed by atoms with van der Waals surface area (Å²) in [5.41, 5.74) is 7.00. The topological polar surface area (TPSA) is 58.0 Å². The maximum atomic E-state index is 11.0. The number of hydrogen-bond acceptors (Lipinski definition) is 4. The fraction of sp³-hybridized carbons (Fsp3) is 0.167. The van der Waals surface area contributed by atoms with Crippen LogP contribution < -0.4 is 5.32 Å². The summed E-state index contributed by atoms with van der Waals surface area (Å²) in [7, 11) is 0. The monoisotopic (exact) mass is 369 g/mol. The molecular weight excluding hydrogens is 346 g/mol. The van der Waals surface area contributed by atoms with Gasteiger partial charge in [-0.25, -0.2) is 0 Å². The molecular formula is C24H23N3O. The number of aryl methyl sites for hydroxylation is 3. The summed E-state index contributed by atoms with van der Waals surface area (Å²) in [6.07, 6.45) is 5.29. The number of phenols is 1. The highest BCUT2D eigenvalue weighted by Crippen LogP contribution is 2.37. The van der Waals surface area contributed by atoms with Crippen molar-refractivity contribution >= 4 is 16.6 Å². The van der Waals surface area contributed by atoms with E-state index >= 15 is 0 Å². The minimum absolute atomic E-state index is 0.196. The van der Waals surface area contributed by atoms with E-state index in [0.717, 1.165) is 22.2 Å². The molecule has 1 atom stereocenters. The number of fused-ring (bicyclic) bond motifs is 1. The Morgan fingerprint density at radius 1 is 0.929 bits per heavy atom. The van der Waals surface area contributed by atoms with Crippen molar-refractivity contribution in [3.63, 3.8) is 0 Å².